The van der Waals surface area contributed by atoms with E-state index >= 15 is 0 Å². The second-order valence-electron chi connectivity index (χ2n) is 5.85. The summed E-state index contributed by atoms with van der Waals surface area (Å²) in [4.78, 5) is 26.5. The molecule has 0 bridgehead atoms. The van der Waals surface area contributed by atoms with Gasteiger partial charge >= 0.3 is 6.03 Å². The second kappa shape index (κ2) is 5.70. The molecule has 5 heteroatoms. The summed E-state index contributed by atoms with van der Waals surface area (Å²) < 4.78 is 0. The number of amides is 3. The van der Waals surface area contributed by atoms with Crippen LogP contribution in [0.15, 0.2) is 48.5 Å². The lowest BCUT2D eigenvalue weighted by Crippen LogP contribution is -2.41. The Morgan fingerprint density at radius 1 is 1.09 bits per heavy atom. The maximum Gasteiger partial charge on any atom is 0.325 e. The molecule has 0 saturated carbocycles. The van der Waals surface area contributed by atoms with Crippen LogP contribution in [-0.4, -0.2) is 16.8 Å². The van der Waals surface area contributed by atoms with Gasteiger partial charge in [-0.25, -0.2) is 4.79 Å². The minimum absolute atomic E-state index is 0.247. The van der Waals surface area contributed by atoms with Crippen molar-refractivity contribution in [3.63, 3.8) is 0 Å². The lowest BCUT2D eigenvalue weighted by atomic mass is 9.92. The molecule has 0 aromatic heterocycles. The van der Waals surface area contributed by atoms with Crippen LogP contribution in [0.2, 0.25) is 5.02 Å². The van der Waals surface area contributed by atoms with Gasteiger partial charge in [0.2, 0.25) is 0 Å². The Labute approximate surface area is 140 Å². The molecule has 0 spiro atoms. The van der Waals surface area contributed by atoms with Gasteiger partial charge in [-0.05, 0) is 31.0 Å². The molecule has 23 heavy (non-hydrogen) atoms. The van der Waals surface area contributed by atoms with E-state index in [4.69, 9.17) is 11.6 Å². The molecule has 3 rings (SSSR count). The van der Waals surface area contributed by atoms with Crippen molar-refractivity contribution in [3.05, 3.63) is 70.2 Å². The maximum atomic E-state index is 12.9. The van der Waals surface area contributed by atoms with Gasteiger partial charge in [0, 0.05) is 10.6 Å². The Bertz CT molecular complexity index is 790. The Kier molecular flexibility index (Phi) is 3.86. The van der Waals surface area contributed by atoms with Crippen molar-refractivity contribution in [1.82, 2.24) is 10.2 Å². The summed E-state index contributed by atoms with van der Waals surface area (Å²) >= 11 is 6.22. The molecule has 1 N–H and O–H groups in total. The fourth-order valence-corrected chi connectivity index (χ4v) is 3.17. The molecule has 2 aromatic rings. The van der Waals surface area contributed by atoms with Gasteiger partial charge in [0.1, 0.15) is 5.54 Å². The molecule has 1 fully saturated rings. The minimum atomic E-state index is -1.14. The predicted octanol–water partition coefficient (Wildman–Crippen LogP) is 3.62. The van der Waals surface area contributed by atoms with Gasteiger partial charge in [-0.15, -0.1) is 0 Å². The largest absolute Gasteiger partial charge is 0.325 e. The van der Waals surface area contributed by atoms with Crippen LogP contribution >= 0.6 is 11.6 Å². The lowest BCUT2D eigenvalue weighted by molar-refractivity contribution is -0.131. The average molecular weight is 329 g/mol. The van der Waals surface area contributed by atoms with Gasteiger partial charge in [0.25, 0.3) is 5.91 Å². The smallest absolute Gasteiger partial charge is 0.319 e. The molecule has 1 atom stereocenters. The second-order valence-corrected chi connectivity index (χ2v) is 6.26. The molecule has 1 aliphatic heterocycles. The third kappa shape index (κ3) is 2.59. The van der Waals surface area contributed by atoms with Gasteiger partial charge in [0.05, 0.1) is 6.54 Å². The number of nitrogens with one attached hydrogen (secondary N) is 1. The van der Waals surface area contributed by atoms with E-state index < -0.39 is 11.6 Å². The number of nitrogens with zero attached hydrogens (tertiary/aromatic N) is 1. The molecular weight excluding hydrogens is 312 g/mol. The fraction of sp³-hybridized carbons (Fsp3) is 0.222. The van der Waals surface area contributed by atoms with E-state index in [1.54, 1.807) is 31.2 Å². The number of aryl methyl sites for hydroxylation is 1. The molecule has 0 radical (unpaired) electrons. The molecule has 1 heterocycles. The molecule has 1 saturated heterocycles. The standard InChI is InChI=1S/C18H17ClN2O2/c1-12-7-3-4-8-13(12)11-21-16(22)18(2,20-17(21)23)14-9-5-6-10-15(14)19/h3-10H,11H2,1-2H3,(H,20,23). The summed E-state index contributed by atoms with van der Waals surface area (Å²) in [6.45, 7) is 3.89. The first-order valence-corrected chi connectivity index (χ1v) is 7.75. The van der Waals surface area contributed by atoms with Crippen molar-refractivity contribution in [2.75, 3.05) is 0 Å². The van der Waals surface area contributed by atoms with Gasteiger partial charge in [-0.1, -0.05) is 54.1 Å². The molecule has 118 valence electrons. The van der Waals surface area contributed by atoms with E-state index in [2.05, 4.69) is 5.32 Å². The zero-order valence-electron chi connectivity index (χ0n) is 13.0. The summed E-state index contributed by atoms with van der Waals surface area (Å²) in [5.41, 5.74) is 1.45. The monoisotopic (exact) mass is 328 g/mol. The first-order chi connectivity index (χ1) is 10.9. The zero-order chi connectivity index (χ0) is 16.6. The van der Waals surface area contributed by atoms with Crippen LogP contribution in [0.25, 0.3) is 0 Å². The highest BCUT2D eigenvalue weighted by Gasteiger charge is 2.49. The topological polar surface area (TPSA) is 49.4 Å². The Morgan fingerprint density at radius 2 is 1.74 bits per heavy atom. The summed E-state index contributed by atoms with van der Waals surface area (Å²) in [6, 6.07) is 14.4. The summed E-state index contributed by atoms with van der Waals surface area (Å²) in [6.07, 6.45) is 0. The average Bonchev–Trinajstić information content (AvgIpc) is 2.74. The van der Waals surface area contributed by atoms with Gasteiger partial charge in [0.15, 0.2) is 0 Å². The fourth-order valence-electron chi connectivity index (χ4n) is 2.85. The number of imide groups is 1. The third-order valence-corrected chi connectivity index (χ3v) is 4.61. The number of carbonyl (C=O) groups is 2. The van der Waals surface area contributed by atoms with E-state index in [9.17, 15) is 9.59 Å². The number of hydrogen-bond acceptors (Lipinski definition) is 2. The summed E-state index contributed by atoms with van der Waals surface area (Å²) in [5.74, 6) is -0.293. The first kappa shape index (κ1) is 15.6. The van der Waals surface area contributed by atoms with E-state index in [-0.39, 0.29) is 12.5 Å². The minimum Gasteiger partial charge on any atom is -0.319 e. The van der Waals surface area contributed by atoms with Crippen LogP contribution in [0.3, 0.4) is 0 Å². The quantitative estimate of drug-likeness (QED) is 0.875. The van der Waals surface area contributed by atoms with E-state index in [1.165, 1.54) is 4.90 Å². The lowest BCUT2D eigenvalue weighted by Gasteiger charge is -2.23. The zero-order valence-corrected chi connectivity index (χ0v) is 13.7. The maximum absolute atomic E-state index is 12.9. The third-order valence-electron chi connectivity index (χ3n) is 4.28. The van der Waals surface area contributed by atoms with Crippen LogP contribution in [0.1, 0.15) is 23.6 Å². The molecular formula is C18H17ClN2O2. The predicted molar refractivity (Wildman–Crippen MR) is 89.1 cm³/mol. The van der Waals surface area contributed by atoms with Gasteiger partial charge in [-0.3, -0.25) is 9.69 Å². The van der Waals surface area contributed by atoms with Crippen molar-refractivity contribution >= 4 is 23.5 Å². The molecule has 1 aliphatic rings. The Hall–Kier alpha value is -2.33. The van der Waals surface area contributed by atoms with Crippen molar-refractivity contribution < 1.29 is 9.59 Å². The van der Waals surface area contributed by atoms with Gasteiger partial charge in [-0.2, -0.15) is 0 Å². The van der Waals surface area contributed by atoms with Crippen molar-refractivity contribution in [3.8, 4) is 0 Å². The van der Waals surface area contributed by atoms with Crippen molar-refractivity contribution in [2.45, 2.75) is 25.9 Å². The molecule has 3 amide bonds. The van der Waals surface area contributed by atoms with E-state index in [1.807, 2.05) is 31.2 Å². The normalized spacial score (nSPS) is 20.7. The van der Waals surface area contributed by atoms with Gasteiger partial charge < -0.3 is 5.32 Å². The molecule has 4 nitrogen and oxygen atoms in total. The van der Waals surface area contributed by atoms with Crippen molar-refractivity contribution in [1.29, 1.82) is 0 Å². The van der Waals surface area contributed by atoms with Crippen LogP contribution in [0, 0.1) is 6.92 Å². The molecule has 2 aromatic carbocycles. The van der Waals surface area contributed by atoms with E-state index in [0.717, 1.165) is 11.1 Å². The molecule has 0 aliphatic carbocycles. The first-order valence-electron chi connectivity index (χ1n) is 7.37. The Balaban J connectivity index is 1.94. The van der Waals surface area contributed by atoms with Crippen LogP contribution in [-0.2, 0) is 16.9 Å². The number of hydrogen-bond donors (Lipinski definition) is 1. The highest BCUT2D eigenvalue weighted by molar-refractivity contribution is 6.32. The summed E-state index contributed by atoms with van der Waals surface area (Å²) in [7, 11) is 0. The SMILES string of the molecule is Cc1ccccc1CN1C(=O)NC(C)(c2ccccc2Cl)C1=O. The highest BCUT2D eigenvalue weighted by atomic mass is 35.5. The number of urea groups is 1. The summed E-state index contributed by atoms with van der Waals surface area (Å²) in [5, 5.41) is 3.24. The number of carbonyl (C=O) groups excluding carboxylic acids is 2. The van der Waals surface area contributed by atoms with Crippen LogP contribution in [0.5, 0.6) is 0 Å². The number of benzene rings is 2. The molecule has 1 unspecified atom stereocenters. The number of halogens is 1. The van der Waals surface area contributed by atoms with Crippen LogP contribution < -0.4 is 5.32 Å². The highest BCUT2D eigenvalue weighted by Crippen LogP contribution is 2.34. The van der Waals surface area contributed by atoms with Crippen molar-refractivity contribution in [2.24, 2.45) is 0 Å². The number of rotatable bonds is 3. The van der Waals surface area contributed by atoms with Crippen LogP contribution in [0.4, 0.5) is 4.79 Å². The van der Waals surface area contributed by atoms with E-state index in [0.29, 0.717) is 10.6 Å². The Morgan fingerprint density at radius 3 is 2.43 bits per heavy atom.